The smallest absolute Gasteiger partial charge is 0.222 e. The summed E-state index contributed by atoms with van der Waals surface area (Å²) in [5.41, 5.74) is 8.06. The van der Waals surface area contributed by atoms with Crippen molar-refractivity contribution in [3.8, 4) is 0 Å². The molecule has 1 aliphatic rings. The number of hydrogen-bond donors (Lipinski definition) is 3. The second-order valence-electron chi connectivity index (χ2n) is 6.47. The van der Waals surface area contributed by atoms with Crippen LogP contribution in [0.5, 0.6) is 0 Å². The Morgan fingerprint density at radius 2 is 2.04 bits per heavy atom. The van der Waals surface area contributed by atoms with E-state index in [0.29, 0.717) is 30.9 Å². The topological polar surface area (TPSA) is 79.5 Å². The molecule has 0 aromatic heterocycles. The van der Waals surface area contributed by atoms with Gasteiger partial charge in [-0.05, 0) is 36.5 Å². The van der Waals surface area contributed by atoms with Crippen LogP contribution in [0.25, 0.3) is 0 Å². The fraction of sp³-hybridized carbons (Fsp3) is 0.556. The third-order valence-electron chi connectivity index (χ3n) is 4.17. The van der Waals surface area contributed by atoms with Crippen molar-refractivity contribution in [3.63, 3.8) is 0 Å². The molecule has 0 heterocycles. The molecule has 0 unspecified atom stereocenters. The summed E-state index contributed by atoms with van der Waals surface area (Å²) in [6.07, 6.45) is 5.02. The molecule has 1 saturated carbocycles. The van der Waals surface area contributed by atoms with Crippen LogP contribution in [0.4, 0.5) is 5.69 Å². The minimum atomic E-state index is 0. The molecule has 1 amide bonds. The van der Waals surface area contributed by atoms with Gasteiger partial charge in [-0.2, -0.15) is 0 Å². The van der Waals surface area contributed by atoms with Crippen LogP contribution in [0.15, 0.2) is 29.3 Å². The van der Waals surface area contributed by atoms with Gasteiger partial charge in [-0.25, -0.2) is 0 Å². The van der Waals surface area contributed by atoms with E-state index in [4.69, 9.17) is 5.73 Å². The van der Waals surface area contributed by atoms with E-state index in [1.54, 1.807) is 0 Å². The molecule has 6 heteroatoms. The Morgan fingerprint density at radius 1 is 1.33 bits per heavy atom. The summed E-state index contributed by atoms with van der Waals surface area (Å²) >= 11 is 0. The minimum Gasteiger partial charge on any atom is -0.370 e. The number of nitrogens with zero attached hydrogens (tertiary/aromatic N) is 1. The number of carbonyl (C=O) groups is 1. The highest BCUT2D eigenvalue weighted by Crippen LogP contribution is 2.18. The number of carbonyl (C=O) groups excluding carboxylic acids is 1. The van der Waals surface area contributed by atoms with E-state index in [0.717, 1.165) is 18.5 Å². The van der Waals surface area contributed by atoms with E-state index < -0.39 is 0 Å². The molecule has 24 heavy (non-hydrogen) atoms. The van der Waals surface area contributed by atoms with E-state index in [2.05, 4.69) is 41.6 Å². The number of benzene rings is 1. The summed E-state index contributed by atoms with van der Waals surface area (Å²) < 4.78 is 0. The van der Waals surface area contributed by atoms with Crippen LogP contribution in [-0.4, -0.2) is 24.5 Å². The summed E-state index contributed by atoms with van der Waals surface area (Å²) in [5, 5.41) is 6.13. The Hall–Kier alpha value is -1.31. The van der Waals surface area contributed by atoms with Crippen molar-refractivity contribution in [1.29, 1.82) is 0 Å². The molecular formula is C18H29IN4O. The molecule has 0 atom stereocenters. The van der Waals surface area contributed by atoms with Crippen LogP contribution in [0.2, 0.25) is 0 Å². The van der Waals surface area contributed by atoms with Gasteiger partial charge in [-0.1, -0.05) is 38.8 Å². The average molecular weight is 444 g/mol. The number of nitrogens with two attached hydrogens (primary N) is 1. The normalized spacial score (nSPS) is 15.2. The SMILES string of the molecule is CC(C)c1cccc(NC(N)=NCCC(=O)NC2CCCC2)c1.I. The van der Waals surface area contributed by atoms with Crippen LogP contribution in [0, 0.1) is 0 Å². The van der Waals surface area contributed by atoms with Crippen molar-refractivity contribution < 1.29 is 4.79 Å². The van der Waals surface area contributed by atoms with Gasteiger partial charge in [0.25, 0.3) is 0 Å². The Balaban J connectivity index is 0.00000288. The Kier molecular flexibility index (Phi) is 9.10. The maximum absolute atomic E-state index is 11.8. The van der Waals surface area contributed by atoms with Gasteiger partial charge in [-0.15, -0.1) is 24.0 Å². The zero-order chi connectivity index (χ0) is 16.7. The zero-order valence-electron chi connectivity index (χ0n) is 14.5. The van der Waals surface area contributed by atoms with E-state index in [1.807, 2.05) is 12.1 Å². The number of nitrogens with one attached hydrogen (secondary N) is 2. The van der Waals surface area contributed by atoms with Gasteiger partial charge in [0.15, 0.2) is 5.96 Å². The Morgan fingerprint density at radius 3 is 2.71 bits per heavy atom. The van der Waals surface area contributed by atoms with Crippen LogP contribution < -0.4 is 16.4 Å². The number of guanidine groups is 1. The van der Waals surface area contributed by atoms with Gasteiger partial charge in [0.2, 0.25) is 5.91 Å². The summed E-state index contributed by atoms with van der Waals surface area (Å²) in [6.45, 7) is 4.71. The van der Waals surface area contributed by atoms with Crippen LogP contribution in [0.1, 0.15) is 57.4 Å². The van der Waals surface area contributed by atoms with Crippen LogP contribution >= 0.6 is 24.0 Å². The molecule has 134 valence electrons. The lowest BCUT2D eigenvalue weighted by atomic mass is 10.0. The molecule has 4 N–H and O–H groups in total. The molecule has 0 saturated heterocycles. The molecule has 0 bridgehead atoms. The summed E-state index contributed by atoms with van der Waals surface area (Å²) in [4.78, 5) is 16.0. The van der Waals surface area contributed by atoms with E-state index in [1.165, 1.54) is 18.4 Å². The fourth-order valence-corrected chi connectivity index (χ4v) is 2.81. The molecule has 5 nitrogen and oxygen atoms in total. The number of halogens is 1. The summed E-state index contributed by atoms with van der Waals surface area (Å²) in [6, 6.07) is 8.48. The lowest BCUT2D eigenvalue weighted by Crippen LogP contribution is -2.33. The molecule has 0 spiro atoms. The third-order valence-corrected chi connectivity index (χ3v) is 4.17. The maximum Gasteiger partial charge on any atom is 0.222 e. The van der Waals surface area contributed by atoms with Gasteiger partial charge >= 0.3 is 0 Å². The van der Waals surface area contributed by atoms with Gasteiger partial charge in [0.05, 0.1) is 6.54 Å². The van der Waals surface area contributed by atoms with Gasteiger partial charge in [0, 0.05) is 18.2 Å². The average Bonchev–Trinajstić information content (AvgIpc) is 3.00. The van der Waals surface area contributed by atoms with E-state index >= 15 is 0 Å². The predicted octanol–water partition coefficient (Wildman–Crippen LogP) is 3.60. The van der Waals surface area contributed by atoms with Crippen molar-refractivity contribution in [2.45, 2.75) is 57.9 Å². The lowest BCUT2D eigenvalue weighted by molar-refractivity contribution is -0.121. The highest BCUT2D eigenvalue weighted by Gasteiger charge is 2.16. The standard InChI is InChI=1S/C18H28N4O.HI/c1-13(2)14-6-5-9-16(12-14)22-18(19)20-11-10-17(23)21-15-7-3-4-8-15;/h5-6,9,12-13,15H,3-4,7-8,10-11H2,1-2H3,(H,21,23)(H3,19,20,22);1H. The molecule has 1 aromatic rings. The first kappa shape index (κ1) is 20.7. The number of hydrogen-bond acceptors (Lipinski definition) is 2. The first-order valence-corrected chi connectivity index (χ1v) is 8.51. The van der Waals surface area contributed by atoms with E-state index in [-0.39, 0.29) is 29.9 Å². The minimum absolute atomic E-state index is 0. The largest absolute Gasteiger partial charge is 0.370 e. The molecule has 1 fully saturated rings. The van der Waals surface area contributed by atoms with Crippen LogP contribution in [0.3, 0.4) is 0 Å². The second kappa shape index (κ2) is 10.5. The molecule has 1 aliphatic carbocycles. The van der Waals surface area contributed by atoms with Crippen molar-refractivity contribution in [1.82, 2.24) is 5.32 Å². The Bertz CT molecular complexity index is 554. The molecule has 0 aliphatic heterocycles. The third kappa shape index (κ3) is 7.07. The van der Waals surface area contributed by atoms with Crippen molar-refractivity contribution in [2.75, 3.05) is 11.9 Å². The predicted molar refractivity (Wildman–Crippen MR) is 111 cm³/mol. The monoisotopic (exact) mass is 444 g/mol. The van der Waals surface area contributed by atoms with Gasteiger partial charge in [0.1, 0.15) is 0 Å². The maximum atomic E-state index is 11.8. The van der Waals surface area contributed by atoms with Gasteiger partial charge < -0.3 is 16.4 Å². The highest BCUT2D eigenvalue weighted by molar-refractivity contribution is 14.0. The number of aliphatic imine (C=N–C) groups is 1. The van der Waals surface area contributed by atoms with Crippen molar-refractivity contribution >= 4 is 41.5 Å². The number of anilines is 1. The molecule has 0 radical (unpaired) electrons. The highest BCUT2D eigenvalue weighted by atomic mass is 127. The molecular weight excluding hydrogens is 415 g/mol. The fourth-order valence-electron chi connectivity index (χ4n) is 2.81. The van der Waals surface area contributed by atoms with Crippen molar-refractivity contribution in [2.24, 2.45) is 10.7 Å². The first-order chi connectivity index (χ1) is 11.0. The first-order valence-electron chi connectivity index (χ1n) is 8.51. The summed E-state index contributed by atoms with van der Waals surface area (Å²) in [7, 11) is 0. The number of rotatable bonds is 6. The van der Waals surface area contributed by atoms with Crippen molar-refractivity contribution in [3.05, 3.63) is 29.8 Å². The second-order valence-corrected chi connectivity index (χ2v) is 6.47. The zero-order valence-corrected chi connectivity index (χ0v) is 16.9. The number of amides is 1. The molecule has 2 rings (SSSR count). The summed E-state index contributed by atoms with van der Waals surface area (Å²) in [5.74, 6) is 0.879. The van der Waals surface area contributed by atoms with Crippen LogP contribution in [-0.2, 0) is 4.79 Å². The molecule has 1 aromatic carbocycles. The quantitative estimate of drug-likeness (QED) is 0.356. The van der Waals surface area contributed by atoms with Gasteiger partial charge in [-0.3, -0.25) is 9.79 Å². The Labute approximate surface area is 161 Å². The lowest BCUT2D eigenvalue weighted by Gasteiger charge is -2.11. The van der Waals surface area contributed by atoms with E-state index in [9.17, 15) is 4.79 Å².